The van der Waals surface area contributed by atoms with Crippen LogP contribution in [0.2, 0.25) is 5.02 Å². The van der Waals surface area contributed by atoms with Gasteiger partial charge in [0.1, 0.15) is 11.4 Å². The van der Waals surface area contributed by atoms with Crippen LogP contribution in [0.4, 0.5) is 5.69 Å². The first-order valence-electron chi connectivity index (χ1n) is 10.2. The summed E-state index contributed by atoms with van der Waals surface area (Å²) in [4.78, 5) is 30.5. The summed E-state index contributed by atoms with van der Waals surface area (Å²) in [7, 11) is 1.58. The third-order valence-corrected chi connectivity index (χ3v) is 5.96. The molecular formula is C24H25ClN2O3. The van der Waals surface area contributed by atoms with Crippen LogP contribution in [0.15, 0.2) is 54.2 Å². The Morgan fingerprint density at radius 3 is 2.07 bits per heavy atom. The van der Waals surface area contributed by atoms with Gasteiger partial charge in [0.25, 0.3) is 11.8 Å². The van der Waals surface area contributed by atoms with Crippen LogP contribution in [0.5, 0.6) is 5.75 Å². The molecule has 0 spiro atoms. The van der Waals surface area contributed by atoms with Crippen LogP contribution in [-0.2, 0) is 9.59 Å². The number of rotatable bonds is 4. The number of likely N-dealkylation sites (tertiary alicyclic amines) is 1. The van der Waals surface area contributed by atoms with Crippen molar-refractivity contribution in [1.29, 1.82) is 0 Å². The third kappa shape index (κ3) is 3.70. The SMILES string of the molecule is COc1ccc(N2C(=O)C(c3ccc(Cl)cc3)=C(N3CC(C)CC(C)C3)C2=O)cc1. The Hall–Kier alpha value is -2.79. The normalized spacial score (nSPS) is 22.1. The number of halogens is 1. The molecule has 2 aliphatic heterocycles. The average molecular weight is 425 g/mol. The van der Waals surface area contributed by atoms with Crippen molar-refractivity contribution in [3.05, 3.63) is 64.8 Å². The number of hydrogen-bond donors (Lipinski definition) is 0. The van der Waals surface area contributed by atoms with Gasteiger partial charge in [0, 0.05) is 18.1 Å². The predicted octanol–water partition coefficient (Wildman–Crippen LogP) is 4.61. The van der Waals surface area contributed by atoms with Crippen LogP contribution in [-0.4, -0.2) is 36.9 Å². The molecule has 2 aromatic carbocycles. The molecule has 156 valence electrons. The summed E-state index contributed by atoms with van der Waals surface area (Å²) >= 11 is 6.06. The molecule has 0 radical (unpaired) electrons. The number of amides is 2. The number of nitrogens with zero attached hydrogens (tertiary/aromatic N) is 2. The van der Waals surface area contributed by atoms with E-state index in [-0.39, 0.29) is 11.8 Å². The van der Waals surface area contributed by atoms with Gasteiger partial charge in [-0.3, -0.25) is 9.59 Å². The highest BCUT2D eigenvalue weighted by Crippen LogP contribution is 2.37. The van der Waals surface area contributed by atoms with Gasteiger partial charge >= 0.3 is 0 Å². The van der Waals surface area contributed by atoms with Gasteiger partial charge in [0.15, 0.2) is 0 Å². The summed E-state index contributed by atoms with van der Waals surface area (Å²) in [5, 5.41) is 0.588. The average Bonchev–Trinajstić information content (AvgIpc) is 2.98. The number of hydrogen-bond acceptors (Lipinski definition) is 4. The number of piperidine rings is 1. The summed E-state index contributed by atoms with van der Waals surface area (Å²) in [6.07, 6.45) is 1.12. The zero-order chi connectivity index (χ0) is 21.4. The fraction of sp³-hybridized carbons (Fsp3) is 0.333. The molecule has 0 aliphatic carbocycles. The molecule has 2 aromatic rings. The van der Waals surface area contributed by atoms with E-state index in [1.54, 1.807) is 55.6 Å². The van der Waals surface area contributed by atoms with Gasteiger partial charge in [-0.25, -0.2) is 4.90 Å². The maximum atomic E-state index is 13.6. The van der Waals surface area contributed by atoms with Gasteiger partial charge in [0.2, 0.25) is 0 Å². The summed E-state index contributed by atoms with van der Waals surface area (Å²) in [6.45, 7) is 5.89. The maximum Gasteiger partial charge on any atom is 0.282 e. The number of benzene rings is 2. The van der Waals surface area contributed by atoms with Crippen molar-refractivity contribution in [2.45, 2.75) is 20.3 Å². The number of ether oxygens (including phenoxy) is 1. The summed E-state index contributed by atoms with van der Waals surface area (Å²) in [5.41, 5.74) is 2.16. The number of imide groups is 1. The van der Waals surface area contributed by atoms with Gasteiger partial charge in [0.05, 0.1) is 18.4 Å². The Labute approximate surface area is 181 Å². The highest BCUT2D eigenvalue weighted by molar-refractivity contribution is 6.45. The molecule has 0 saturated carbocycles. The van der Waals surface area contributed by atoms with Crippen molar-refractivity contribution >= 4 is 34.7 Å². The molecule has 2 heterocycles. The molecule has 2 unspecified atom stereocenters. The van der Waals surface area contributed by atoms with Crippen LogP contribution < -0.4 is 9.64 Å². The molecule has 0 aromatic heterocycles. The van der Waals surface area contributed by atoms with E-state index in [9.17, 15) is 9.59 Å². The lowest BCUT2D eigenvalue weighted by Crippen LogP contribution is -2.42. The molecule has 4 rings (SSSR count). The number of anilines is 1. The lowest BCUT2D eigenvalue weighted by Gasteiger charge is -2.37. The second-order valence-corrected chi connectivity index (χ2v) is 8.66. The molecule has 0 bridgehead atoms. The van der Waals surface area contributed by atoms with E-state index < -0.39 is 0 Å². The molecule has 2 amide bonds. The van der Waals surface area contributed by atoms with Crippen LogP contribution in [0, 0.1) is 11.8 Å². The Morgan fingerprint density at radius 1 is 0.900 bits per heavy atom. The van der Waals surface area contributed by atoms with E-state index in [1.165, 1.54) is 4.90 Å². The quantitative estimate of drug-likeness (QED) is 0.672. The van der Waals surface area contributed by atoms with Crippen molar-refractivity contribution < 1.29 is 14.3 Å². The van der Waals surface area contributed by atoms with Gasteiger partial charge in [-0.1, -0.05) is 37.6 Å². The summed E-state index contributed by atoms with van der Waals surface area (Å²) < 4.78 is 5.21. The molecule has 5 nitrogen and oxygen atoms in total. The van der Waals surface area contributed by atoms with Gasteiger partial charge < -0.3 is 9.64 Å². The smallest absolute Gasteiger partial charge is 0.282 e. The Balaban J connectivity index is 1.80. The summed E-state index contributed by atoms with van der Waals surface area (Å²) in [5.74, 6) is 0.976. The molecule has 1 saturated heterocycles. The van der Waals surface area contributed by atoms with Crippen molar-refractivity contribution in [3.8, 4) is 5.75 Å². The second-order valence-electron chi connectivity index (χ2n) is 8.23. The fourth-order valence-electron chi connectivity index (χ4n) is 4.50. The maximum absolute atomic E-state index is 13.6. The minimum absolute atomic E-state index is 0.281. The zero-order valence-electron chi connectivity index (χ0n) is 17.4. The molecule has 1 fully saturated rings. The van der Waals surface area contributed by atoms with Gasteiger partial charge in [-0.15, -0.1) is 0 Å². The Bertz CT molecular complexity index is 988. The van der Waals surface area contributed by atoms with Crippen LogP contribution in [0.3, 0.4) is 0 Å². The fourth-order valence-corrected chi connectivity index (χ4v) is 4.63. The zero-order valence-corrected chi connectivity index (χ0v) is 18.1. The molecular weight excluding hydrogens is 400 g/mol. The van der Waals surface area contributed by atoms with E-state index in [4.69, 9.17) is 16.3 Å². The van der Waals surface area contributed by atoms with Crippen LogP contribution in [0.1, 0.15) is 25.8 Å². The first-order chi connectivity index (χ1) is 14.4. The lowest BCUT2D eigenvalue weighted by atomic mass is 9.91. The first kappa shape index (κ1) is 20.5. The molecule has 0 N–H and O–H groups in total. The number of carbonyl (C=O) groups excluding carboxylic acids is 2. The van der Waals surface area contributed by atoms with Crippen molar-refractivity contribution in [2.75, 3.05) is 25.1 Å². The van der Waals surface area contributed by atoms with E-state index in [0.29, 0.717) is 45.1 Å². The molecule has 2 aliphatic rings. The van der Waals surface area contributed by atoms with Gasteiger partial charge in [-0.2, -0.15) is 0 Å². The summed E-state index contributed by atoms with van der Waals surface area (Å²) in [6, 6.07) is 14.1. The van der Waals surface area contributed by atoms with Gasteiger partial charge in [-0.05, 0) is 60.2 Å². The lowest BCUT2D eigenvalue weighted by molar-refractivity contribution is -0.120. The van der Waals surface area contributed by atoms with Crippen molar-refractivity contribution in [3.63, 3.8) is 0 Å². The predicted molar refractivity (Wildman–Crippen MR) is 118 cm³/mol. The number of carbonyl (C=O) groups is 2. The molecule has 2 atom stereocenters. The van der Waals surface area contributed by atoms with Crippen LogP contribution in [0.25, 0.3) is 5.57 Å². The van der Waals surface area contributed by atoms with E-state index in [1.807, 2.05) is 0 Å². The van der Waals surface area contributed by atoms with Crippen molar-refractivity contribution in [1.82, 2.24) is 4.90 Å². The largest absolute Gasteiger partial charge is 0.497 e. The van der Waals surface area contributed by atoms with Crippen LogP contribution >= 0.6 is 11.6 Å². The highest BCUT2D eigenvalue weighted by Gasteiger charge is 2.43. The Kier molecular flexibility index (Phi) is 5.56. The van der Waals surface area contributed by atoms with Crippen molar-refractivity contribution in [2.24, 2.45) is 11.8 Å². The van der Waals surface area contributed by atoms with E-state index >= 15 is 0 Å². The molecule has 30 heavy (non-hydrogen) atoms. The first-order valence-corrected chi connectivity index (χ1v) is 10.5. The Morgan fingerprint density at radius 2 is 1.50 bits per heavy atom. The minimum atomic E-state index is -0.312. The highest BCUT2D eigenvalue weighted by atomic mass is 35.5. The second kappa shape index (κ2) is 8.15. The molecule has 6 heteroatoms. The third-order valence-electron chi connectivity index (χ3n) is 5.71. The van der Waals surface area contributed by atoms with E-state index in [0.717, 1.165) is 19.5 Å². The topological polar surface area (TPSA) is 49.9 Å². The number of methoxy groups -OCH3 is 1. The van der Waals surface area contributed by atoms with E-state index in [2.05, 4.69) is 18.7 Å². The minimum Gasteiger partial charge on any atom is -0.497 e. The monoisotopic (exact) mass is 424 g/mol. The standard InChI is InChI=1S/C24H25ClN2O3/c1-15-12-16(2)14-26(13-15)22-21(17-4-6-18(25)7-5-17)23(28)27(24(22)29)19-8-10-20(30-3)11-9-19/h4-11,15-16H,12-14H2,1-3H3.